The molecule has 0 spiro atoms. The zero-order valence-corrected chi connectivity index (χ0v) is 9.86. The molecule has 1 aliphatic heterocycles. The minimum Gasteiger partial charge on any atom is -0.465 e. The summed E-state index contributed by atoms with van der Waals surface area (Å²) in [5.74, 6) is -0.122. The monoisotopic (exact) mass is 229 g/mol. The normalized spacial score (nSPS) is 26.1. The molecular formula is C10H19N3O3. The van der Waals surface area contributed by atoms with Crippen molar-refractivity contribution < 1.29 is 14.7 Å². The highest BCUT2D eigenvalue weighted by Crippen LogP contribution is 2.21. The van der Waals surface area contributed by atoms with E-state index in [0.717, 1.165) is 0 Å². The highest BCUT2D eigenvalue weighted by atomic mass is 16.4. The van der Waals surface area contributed by atoms with E-state index < -0.39 is 17.7 Å². The lowest BCUT2D eigenvalue weighted by atomic mass is 9.95. The van der Waals surface area contributed by atoms with Crippen LogP contribution in [0.25, 0.3) is 0 Å². The summed E-state index contributed by atoms with van der Waals surface area (Å²) in [6, 6.07) is -0.806. The van der Waals surface area contributed by atoms with E-state index in [9.17, 15) is 14.7 Å². The molecule has 0 aliphatic carbocycles. The number of piperidine rings is 1. The molecular weight excluding hydrogens is 210 g/mol. The van der Waals surface area contributed by atoms with E-state index in [1.165, 1.54) is 4.90 Å². The molecule has 0 aromatic heterocycles. The van der Waals surface area contributed by atoms with Crippen LogP contribution in [0.3, 0.4) is 0 Å². The van der Waals surface area contributed by atoms with Gasteiger partial charge in [-0.15, -0.1) is 0 Å². The number of rotatable bonds is 1. The molecule has 1 aliphatic rings. The van der Waals surface area contributed by atoms with E-state index in [1.807, 2.05) is 20.8 Å². The lowest BCUT2D eigenvalue weighted by Crippen LogP contribution is -2.64. The van der Waals surface area contributed by atoms with Gasteiger partial charge in [-0.3, -0.25) is 9.69 Å². The van der Waals surface area contributed by atoms with Crippen molar-refractivity contribution in [1.82, 2.24) is 10.2 Å². The summed E-state index contributed by atoms with van der Waals surface area (Å²) in [6.07, 6.45) is -0.839. The van der Waals surface area contributed by atoms with Gasteiger partial charge in [0.2, 0.25) is 5.91 Å². The number of nitrogens with zero attached hydrogens (tertiary/aromatic N) is 1. The van der Waals surface area contributed by atoms with Gasteiger partial charge >= 0.3 is 6.09 Å². The Bertz CT molecular complexity index is 298. The average Bonchev–Trinajstić information content (AvgIpc) is 2.06. The zero-order chi connectivity index (χ0) is 12.5. The molecule has 6 nitrogen and oxygen atoms in total. The molecule has 1 heterocycles. The minimum atomic E-state index is -1.01. The topological polar surface area (TPSA) is 95.7 Å². The first-order valence-electron chi connectivity index (χ1n) is 5.28. The van der Waals surface area contributed by atoms with Crippen LogP contribution in [0, 0.1) is 0 Å². The predicted octanol–water partition coefficient (Wildman–Crippen LogP) is -0.0193. The molecule has 0 saturated carbocycles. The summed E-state index contributed by atoms with van der Waals surface area (Å²) in [6.45, 7) is 5.71. The Balaban J connectivity index is 2.87. The fourth-order valence-corrected chi connectivity index (χ4v) is 2.00. The Morgan fingerprint density at radius 2 is 2.12 bits per heavy atom. The van der Waals surface area contributed by atoms with Crippen LogP contribution in [0.4, 0.5) is 4.79 Å². The lowest BCUT2D eigenvalue weighted by Gasteiger charge is -2.43. The smallest absolute Gasteiger partial charge is 0.408 e. The zero-order valence-electron chi connectivity index (χ0n) is 9.86. The van der Waals surface area contributed by atoms with Gasteiger partial charge in [0.1, 0.15) is 0 Å². The summed E-state index contributed by atoms with van der Waals surface area (Å²) in [5, 5.41) is 11.8. The van der Waals surface area contributed by atoms with Crippen molar-refractivity contribution in [2.75, 3.05) is 6.54 Å². The van der Waals surface area contributed by atoms with Crippen LogP contribution in [0.5, 0.6) is 0 Å². The van der Waals surface area contributed by atoms with Crippen LogP contribution < -0.4 is 11.1 Å². The van der Waals surface area contributed by atoms with Gasteiger partial charge in [0, 0.05) is 24.5 Å². The van der Waals surface area contributed by atoms with Crippen molar-refractivity contribution >= 4 is 12.0 Å². The predicted molar refractivity (Wildman–Crippen MR) is 59.0 cm³/mol. The van der Waals surface area contributed by atoms with Gasteiger partial charge in [-0.05, 0) is 20.8 Å². The third-order valence-corrected chi connectivity index (χ3v) is 2.68. The van der Waals surface area contributed by atoms with Crippen LogP contribution in [0.2, 0.25) is 0 Å². The average molecular weight is 229 g/mol. The third kappa shape index (κ3) is 2.63. The number of nitrogens with one attached hydrogen (secondary N) is 1. The van der Waals surface area contributed by atoms with Crippen molar-refractivity contribution in [3.8, 4) is 0 Å². The Kier molecular flexibility index (Phi) is 3.42. The molecule has 6 heteroatoms. The van der Waals surface area contributed by atoms with Crippen molar-refractivity contribution in [2.45, 2.75) is 44.8 Å². The van der Waals surface area contributed by atoms with Gasteiger partial charge in [0.15, 0.2) is 0 Å². The Labute approximate surface area is 94.8 Å². The molecule has 1 fully saturated rings. The molecule has 0 radical (unpaired) electrons. The molecule has 4 N–H and O–H groups in total. The van der Waals surface area contributed by atoms with Crippen LogP contribution in [-0.2, 0) is 4.79 Å². The molecule has 92 valence electrons. The number of hydrogen-bond acceptors (Lipinski definition) is 3. The van der Waals surface area contributed by atoms with E-state index in [0.29, 0.717) is 0 Å². The molecule has 1 saturated heterocycles. The maximum atomic E-state index is 11.2. The standard InChI is InChI=1S/C10H19N3O3/c1-10(2,3)13(9(15)16)7-5-12-8(14)4-6(7)11/h6-7H,4-5,11H2,1-3H3,(H,12,14)(H,15,16)/t6-,7+/m1/s1. The van der Waals surface area contributed by atoms with Gasteiger partial charge in [-0.2, -0.15) is 0 Å². The second kappa shape index (κ2) is 4.29. The van der Waals surface area contributed by atoms with Gasteiger partial charge in [-0.25, -0.2) is 4.79 Å². The van der Waals surface area contributed by atoms with Crippen LogP contribution in [-0.4, -0.2) is 46.2 Å². The molecule has 0 aromatic rings. The highest BCUT2D eigenvalue weighted by Gasteiger charge is 2.39. The van der Waals surface area contributed by atoms with Gasteiger partial charge in [-0.1, -0.05) is 0 Å². The molecule has 1 rings (SSSR count). The van der Waals surface area contributed by atoms with Gasteiger partial charge in [0.05, 0.1) is 6.04 Å². The first kappa shape index (κ1) is 12.8. The number of carbonyl (C=O) groups excluding carboxylic acids is 1. The first-order valence-corrected chi connectivity index (χ1v) is 5.28. The second-order valence-corrected chi connectivity index (χ2v) is 5.06. The van der Waals surface area contributed by atoms with Crippen molar-refractivity contribution in [2.24, 2.45) is 5.73 Å². The van der Waals surface area contributed by atoms with E-state index in [2.05, 4.69) is 5.32 Å². The number of carboxylic acid groups (broad SMARTS) is 1. The number of hydrogen-bond donors (Lipinski definition) is 3. The van der Waals surface area contributed by atoms with Crippen LogP contribution in [0.15, 0.2) is 0 Å². The summed E-state index contributed by atoms with van der Waals surface area (Å²) in [5.41, 5.74) is 5.31. The highest BCUT2D eigenvalue weighted by molar-refractivity contribution is 5.78. The largest absolute Gasteiger partial charge is 0.465 e. The van der Waals surface area contributed by atoms with E-state index in [4.69, 9.17) is 5.73 Å². The molecule has 0 aromatic carbocycles. The summed E-state index contributed by atoms with van der Waals surface area (Å²) >= 11 is 0. The van der Waals surface area contributed by atoms with Crippen LogP contribution in [0.1, 0.15) is 27.2 Å². The number of amides is 2. The quantitative estimate of drug-likeness (QED) is 0.589. The number of nitrogens with two attached hydrogens (primary N) is 1. The van der Waals surface area contributed by atoms with Gasteiger partial charge in [0.25, 0.3) is 0 Å². The fraction of sp³-hybridized carbons (Fsp3) is 0.800. The minimum absolute atomic E-state index is 0.122. The van der Waals surface area contributed by atoms with Crippen LogP contribution >= 0.6 is 0 Å². The van der Waals surface area contributed by atoms with E-state index in [1.54, 1.807) is 0 Å². The first-order chi connectivity index (χ1) is 7.23. The Morgan fingerprint density at radius 1 is 1.56 bits per heavy atom. The Morgan fingerprint density at radius 3 is 2.50 bits per heavy atom. The van der Waals surface area contributed by atoms with E-state index in [-0.39, 0.29) is 24.9 Å². The van der Waals surface area contributed by atoms with Crippen molar-refractivity contribution in [3.05, 3.63) is 0 Å². The second-order valence-electron chi connectivity index (χ2n) is 5.06. The lowest BCUT2D eigenvalue weighted by molar-refractivity contribution is -0.124. The van der Waals surface area contributed by atoms with E-state index >= 15 is 0 Å². The summed E-state index contributed by atoms with van der Waals surface area (Å²) < 4.78 is 0. The Hall–Kier alpha value is -1.30. The molecule has 16 heavy (non-hydrogen) atoms. The summed E-state index contributed by atoms with van der Waals surface area (Å²) in [7, 11) is 0. The van der Waals surface area contributed by atoms with Gasteiger partial charge < -0.3 is 16.2 Å². The molecule has 0 unspecified atom stereocenters. The number of carbonyl (C=O) groups is 2. The molecule has 2 atom stereocenters. The SMILES string of the molecule is CC(C)(C)N(C(=O)O)[C@H]1CNC(=O)C[C@H]1N. The fourth-order valence-electron chi connectivity index (χ4n) is 2.00. The maximum Gasteiger partial charge on any atom is 0.408 e. The van der Waals surface area contributed by atoms with Crippen molar-refractivity contribution in [3.63, 3.8) is 0 Å². The van der Waals surface area contributed by atoms with Crippen molar-refractivity contribution in [1.29, 1.82) is 0 Å². The third-order valence-electron chi connectivity index (χ3n) is 2.68. The summed E-state index contributed by atoms with van der Waals surface area (Å²) in [4.78, 5) is 23.7. The molecule has 2 amide bonds. The maximum absolute atomic E-state index is 11.2. The molecule has 0 bridgehead atoms.